The number of aryl methyl sites for hydroxylation is 1. The Kier molecular flexibility index (Phi) is 4.63. The quantitative estimate of drug-likeness (QED) is 0.894. The lowest BCUT2D eigenvalue weighted by Gasteiger charge is -2.29. The molecule has 0 radical (unpaired) electrons. The number of quaternary nitrogens is 1. The minimum Gasteiger partial charge on any atom is -0.337 e. The molecule has 1 amide bonds. The average molecular weight is 331 g/mol. The minimum atomic E-state index is -0.0536. The molecule has 0 aliphatic carbocycles. The van der Waals surface area contributed by atoms with Crippen LogP contribution in [0.5, 0.6) is 0 Å². The van der Waals surface area contributed by atoms with Gasteiger partial charge in [-0.1, -0.05) is 12.1 Å². The van der Waals surface area contributed by atoms with E-state index in [1.165, 1.54) is 24.9 Å². The van der Waals surface area contributed by atoms with E-state index in [-0.39, 0.29) is 5.91 Å². The van der Waals surface area contributed by atoms with Gasteiger partial charge in [-0.2, -0.15) is 0 Å². The summed E-state index contributed by atoms with van der Waals surface area (Å²) in [4.78, 5) is 21.2. The van der Waals surface area contributed by atoms with Crippen molar-refractivity contribution in [2.75, 3.05) is 43.4 Å². The normalized spacial score (nSPS) is 15.7. The van der Waals surface area contributed by atoms with Gasteiger partial charge < -0.3 is 15.1 Å². The Morgan fingerprint density at radius 2 is 1.91 bits per heavy atom. The highest BCUT2D eigenvalue weighted by Crippen LogP contribution is 2.32. The summed E-state index contributed by atoms with van der Waals surface area (Å²) in [7, 11) is 2.24. The number of hydrogen-bond acceptors (Lipinski definition) is 4. The maximum atomic E-state index is 11.1. The number of aromatic nitrogens is 1. The van der Waals surface area contributed by atoms with Gasteiger partial charge in [-0.3, -0.25) is 4.79 Å². The predicted molar refractivity (Wildman–Crippen MR) is 95.4 cm³/mol. The van der Waals surface area contributed by atoms with E-state index in [4.69, 9.17) is 4.98 Å². The van der Waals surface area contributed by atoms with Gasteiger partial charge >= 0.3 is 0 Å². The molecule has 6 heteroatoms. The molecule has 1 aromatic heterocycles. The molecule has 1 aromatic carbocycles. The highest BCUT2D eigenvalue weighted by molar-refractivity contribution is 7.16. The first-order chi connectivity index (χ1) is 11.0. The molecule has 23 heavy (non-hydrogen) atoms. The number of benzene rings is 1. The highest BCUT2D eigenvalue weighted by atomic mass is 32.1. The lowest BCUT2D eigenvalue weighted by molar-refractivity contribution is -0.880. The number of nitrogens with zero attached hydrogens (tertiary/aromatic N) is 2. The van der Waals surface area contributed by atoms with E-state index in [1.807, 2.05) is 24.3 Å². The second-order valence-corrected chi connectivity index (χ2v) is 7.29. The number of hydrogen-bond donors (Lipinski definition) is 2. The molecule has 0 unspecified atom stereocenters. The first-order valence-corrected chi connectivity index (χ1v) is 8.76. The molecule has 1 saturated heterocycles. The summed E-state index contributed by atoms with van der Waals surface area (Å²) >= 11 is 1.77. The molecule has 122 valence electrons. The summed E-state index contributed by atoms with van der Waals surface area (Å²) in [6.07, 6.45) is 0. The Labute approximate surface area is 140 Å². The number of piperazine rings is 1. The van der Waals surface area contributed by atoms with Gasteiger partial charge in [-0.15, -0.1) is 11.3 Å². The Hall–Kier alpha value is -1.92. The van der Waals surface area contributed by atoms with E-state index in [1.54, 1.807) is 16.2 Å². The molecule has 3 rings (SSSR count). The van der Waals surface area contributed by atoms with Crippen LogP contribution in [-0.4, -0.2) is 44.1 Å². The average Bonchev–Trinajstić information content (AvgIpc) is 2.90. The maximum Gasteiger partial charge on any atom is 0.221 e. The third kappa shape index (κ3) is 3.71. The number of thiazole rings is 1. The molecule has 5 nitrogen and oxygen atoms in total. The second-order valence-electron chi connectivity index (χ2n) is 6.10. The van der Waals surface area contributed by atoms with Gasteiger partial charge in [-0.05, 0) is 19.1 Å². The first-order valence-electron chi connectivity index (χ1n) is 7.94. The molecule has 0 atom stereocenters. The summed E-state index contributed by atoms with van der Waals surface area (Å²) in [5.41, 5.74) is 2.96. The zero-order valence-electron chi connectivity index (χ0n) is 13.8. The summed E-state index contributed by atoms with van der Waals surface area (Å²) in [6, 6.07) is 7.89. The molecule has 1 aliphatic rings. The van der Waals surface area contributed by atoms with Gasteiger partial charge in [-0.25, -0.2) is 4.98 Å². The Morgan fingerprint density at radius 3 is 2.52 bits per heavy atom. The fourth-order valence-electron chi connectivity index (χ4n) is 2.78. The molecule has 2 N–H and O–H groups in total. The van der Waals surface area contributed by atoms with E-state index in [2.05, 4.69) is 24.2 Å². The molecule has 2 heterocycles. The standard InChI is InChI=1S/C17H22N4OS/c1-12-16(14-4-6-15(7-5-14)18-13(2)22)19-17(23-12)21-10-8-20(3)9-11-21/h4-7H,8-11H2,1-3H3,(H,18,22)/p+1. The number of likely N-dealkylation sites (N-methyl/N-ethyl adjacent to an activating group) is 1. The van der Waals surface area contributed by atoms with Crippen molar-refractivity contribution in [3.63, 3.8) is 0 Å². The predicted octanol–water partition coefficient (Wildman–Crippen LogP) is 1.41. The number of carbonyl (C=O) groups excluding carboxylic acids is 1. The monoisotopic (exact) mass is 331 g/mol. The van der Waals surface area contributed by atoms with Crippen LogP contribution in [0.2, 0.25) is 0 Å². The fourth-order valence-corrected chi connectivity index (χ4v) is 3.76. The first kappa shape index (κ1) is 16.0. The van der Waals surface area contributed by atoms with Gasteiger partial charge in [0.2, 0.25) is 5.91 Å². The van der Waals surface area contributed by atoms with Gasteiger partial charge in [0.15, 0.2) is 5.13 Å². The Morgan fingerprint density at radius 1 is 1.26 bits per heavy atom. The molecule has 2 aromatic rings. The molecule has 1 aliphatic heterocycles. The van der Waals surface area contributed by atoms with E-state index < -0.39 is 0 Å². The molecule has 0 spiro atoms. The van der Waals surface area contributed by atoms with Crippen LogP contribution in [-0.2, 0) is 4.79 Å². The maximum absolute atomic E-state index is 11.1. The van der Waals surface area contributed by atoms with Crippen LogP contribution in [0.1, 0.15) is 11.8 Å². The number of rotatable bonds is 3. The second kappa shape index (κ2) is 6.68. The summed E-state index contributed by atoms with van der Waals surface area (Å²) < 4.78 is 0. The van der Waals surface area contributed by atoms with Crippen molar-refractivity contribution in [2.24, 2.45) is 0 Å². The Bertz CT molecular complexity index is 687. The van der Waals surface area contributed by atoms with E-state index in [0.717, 1.165) is 35.2 Å². The number of amides is 1. The zero-order valence-corrected chi connectivity index (χ0v) is 14.7. The largest absolute Gasteiger partial charge is 0.337 e. The van der Waals surface area contributed by atoms with E-state index in [0.29, 0.717) is 0 Å². The SMILES string of the molecule is CC(=O)Nc1ccc(-c2nc(N3CC[NH+](C)CC3)sc2C)cc1. The van der Waals surface area contributed by atoms with Crippen molar-refractivity contribution < 1.29 is 9.69 Å². The van der Waals surface area contributed by atoms with Crippen molar-refractivity contribution in [1.29, 1.82) is 0 Å². The van der Waals surface area contributed by atoms with Crippen molar-refractivity contribution in [1.82, 2.24) is 4.98 Å². The van der Waals surface area contributed by atoms with Gasteiger partial charge in [0.1, 0.15) is 0 Å². The summed E-state index contributed by atoms with van der Waals surface area (Å²) in [5.74, 6) is -0.0536. The number of nitrogens with one attached hydrogen (secondary N) is 2. The van der Waals surface area contributed by atoms with E-state index in [9.17, 15) is 4.79 Å². The third-order valence-corrected chi connectivity index (χ3v) is 5.18. The third-order valence-electron chi connectivity index (χ3n) is 4.15. The molecule has 0 saturated carbocycles. The van der Waals surface area contributed by atoms with Crippen LogP contribution in [0.15, 0.2) is 24.3 Å². The molecular weight excluding hydrogens is 308 g/mol. The summed E-state index contributed by atoms with van der Waals surface area (Å²) in [5, 5.41) is 3.91. The molecule has 1 fully saturated rings. The highest BCUT2D eigenvalue weighted by Gasteiger charge is 2.21. The fraction of sp³-hybridized carbons (Fsp3) is 0.412. The van der Waals surface area contributed by atoms with Gasteiger partial charge in [0, 0.05) is 23.1 Å². The topological polar surface area (TPSA) is 49.7 Å². The van der Waals surface area contributed by atoms with Gasteiger partial charge in [0.25, 0.3) is 0 Å². The Balaban J connectivity index is 1.79. The van der Waals surface area contributed by atoms with Crippen molar-refractivity contribution in [3.05, 3.63) is 29.1 Å². The van der Waals surface area contributed by atoms with Crippen molar-refractivity contribution in [2.45, 2.75) is 13.8 Å². The summed E-state index contributed by atoms with van der Waals surface area (Å²) in [6.45, 7) is 8.11. The minimum absolute atomic E-state index is 0.0536. The van der Waals surface area contributed by atoms with Crippen LogP contribution in [0.25, 0.3) is 11.3 Å². The van der Waals surface area contributed by atoms with Crippen molar-refractivity contribution in [3.8, 4) is 11.3 Å². The lowest BCUT2D eigenvalue weighted by atomic mass is 10.1. The smallest absolute Gasteiger partial charge is 0.221 e. The molecular formula is C17H23N4OS+. The lowest BCUT2D eigenvalue weighted by Crippen LogP contribution is -3.12. The van der Waals surface area contributed by atoms with Crippen molar-refractivity contribution >= 4 is 28.1 Å². The van der Waals surface area contributed by atoms with Gasteiger partial charge in [0.05, 0.1) is 38.9 Å². The zero-order chi connectivity index (χ0) is 16.4. The van der Waals surface area contributed by atoms with Crippen LogP contribution in [0.3, 0.4) is 0 Å². The van der Waals surface area contributed by atoms with Crippen LogP contribution in [0.4, 0.5) is 10.8 Å². The van der Waals surface area contributed by atoms with Crippen LogP contribution in [0, 0.1) is 6.92 Å². The van der Waals surface area contributed by atoms with Crippen LogP contribution < -0.4 is 15.1 Å². The number of anilines is 2. The number of carbonyl (C=O) groups is 1. The molecule has 0 bridgehead atoms. The van der Waals surface area contributed by atoms with E-state index >= 15 is 0 Å². The van der Waals surface area contributed by atoms with Crippen LogP contribution >= 0.6 is 11.3 Å².